The van der Waals surface area contributed by atoms with Crippen molar-refractivity contribution in [2.24, 2.45) is 0 Å². The Morgan fingerprint density at radius 1 is 1.04 bits per heavy atom. The first-order valence-corrected chi connectivity index (χ1v) is 9.02. The van der Waals surface area contributed by atoms with Gasteiger partial charge in [0.15, 0.2) is 0 Å². The molecule has 26 heavy (non-hydrogen) atoms. The summed E-state index contributed by atoms with van der Waals surface area (Å²) >= 11 is 0. The maximum Gasteiger partial charge on any atom is 0.229 e. The summed E-state index contributed by atoms with van der Waals surface area (Å²) in [6.45, 7) is 7.92. The van der Waals surface area contributed by atoms with Crippen molar-refractivity contribution in [3.05, 3.63) is 22.8 Å². The number of ether oxygens (including phenoxy) is 3. The van der Waals surface area contributed by atoms with Gasteiger partial charge in [-0.05, 0) is 49.9 Å². The predicted molar refractivity (Wildman–Crippen MR) is 95.5 cm³/mol. The van der Waals surface area contributed by atoms with Crippen LogP contribution in [0.2, 0.25) is 0 Å². The summed E-state index contributed by atoms with van der Waals surface area (Å²) in [6.07, 6.45) is -4.49. The molecule has 1 heterocycles. The van der Waals surface area contributed by atoms with E-state index in [2.05, 4.69) is 6.92 Å². The topological polar surface area (TPSA) is 109 Å². The number of rotatable bonds is 7. The Labute approximate surface area is 154 Å². The average molecular weight is 370 g/mol. The third kappa shape index (κ3) is 4.29. The van der Waals surface area contributed by atoms with E-state index in [1.807, 2.05) is 26.8 Å². The molecule has 7 heteroatoms. The normalized spacial score (nSPS) is 28.8. The molecule has 1 aliphatic rings. The number of unbranched alkanes of at least 4 members (excludes halogenated alkanes) is 1. The maximum atomic E-state index is 10.2. The van der Waals surface area contributed by atoms with E-state index in [0.717, 1.165) is 35.3 Å². The summed E-state index contributed by atoms with van der Waals surface area (Å²) < 4.78 is 17.1. The number of hydrogen-bond donors (Lipinski definition) is 4. The molecule has 1 fully saturated rings. The standard InChI is InChI=1S/C19H30O7/c1-5-6-7-24-13-8-10(2)18(12(4)11(13)3)26-19-17(23)16(22)15(21)14(9-20)25-19/h8,14-17,19-23H,5-7,9H2,1-4H3/t14-,15-,16+,17-,19+/m1/s1. The minimum absolute atomic E-state index is 0.494. The number of aliphatic hydroxyl groups is 4. The van der Waals surface area contributed by atoms with Gasteiger partial charge in [-0.3, -0.25) is 0 Å². The summed E-state index contributed by atoms with van der Waals surface area (Å²) in [5, 5.41) is 39.2. The third-order valence-corrected chi connectivity index (χ3v) is 4.82. The monoisotopic (exact) mass is 370 g/mol. The Kier molecular flexibility index (Phi) is 7.25. The van der Waals surface area contributed by atoms with Crippen molar-refractivity contribution in [2.75, 3.05) is 13.2 Å². The molecule has 7 nitrogen and oxygen atoms in total. The van der Waals surface area contributed by atoms with Crippen LogP contribution in [0.1, 0.15) is 36.5 Å². The van der Waals surface area contributed by atoms with E-state index in [1.165, 1.54) is 0 Å². The lowest BCUT2D eigenvalue weighted by Crippen LogP contribution is -2.60. The molecule has 1 aromatic rings. The fourth-order valence-electron chi connectivity index (χ4n) is 2.96. The van der Waals surface area contributed by atoms with E-state index in [9.17, 15) is 20.4 Å². The summed E-state index contributed by atoms with van der Waals surface area (Å²) in [5.41, 5.74) is 2.57. The fourth-order valence-corrected chi connectivity index (χ4v) is 2.96. The zero-order valence-corrected chi connectivity index (χ0v) is 15.8. The fraction of sp³-hybridized carbons (Fsp3) is 0.684. The molecule has 0 unspecified atom stereocenters. The number of aryl methyl sites for hydroxylation is 1. The number of benzene rings is 1. The summed E-state index contributed by atoms with van der Waals surface area (Å²) in [7, 11) is 0. The molecule has 1 saturated heterocycles. The van der Waals surface area contributed by atoms with Crippen molar-refractivity contribution in [2.45, 2.75) is 71.2 Å². The van der Waals surface area contributed by atoms with Gasteiger partial charge in [-0.15, -0.1) is 0 Å². The molecule has 148 valence electrons. The highest BCUT2D eigenvalue weighted by Gasteiger charge is 2.45. The van der Waals surface area contributed by atoms with E-state index >= 15 is 0 Å². The molecule has 0 aliphatic carbocycles. The van der Waals surface area contributed by atoms with Crippen LogP contribution in [0, 0.1) is 20.8 Å². The van der Waals surface area contributed by atoms with Crippen LogP contribution in [0.5, 0.6) is 11.5 Å². The highest BCUT2D eigenvalue weighted by molar-refractivity contribution is 5.52. The van der Waals surface area contributed by atoms with Crippen molar-refractivity contribution < 1.29 is 34.6 Å². The number of hydrogen-bond acceptors (Lipinski definition) is 7. The van der Waals surface area contributed by atoms with Gasteiger partial charge in [-0.25, -0.2) is 0 Å². The molecule has 0 aromatic heterocycles. The van der Waals surface area contributed by atoms with E-state index < -0.39 is 37.3 Å². The van der Waals surface area contributed by atoms with Crippen molar-refractivity contribution in [1.29, 1.82) is 0 Å². The first-order chi connectivity index (χ1) is 12.3. The lowest BCUT2D eigenvalue weighted by molar-refractivity contribution is -0.277. The first kappa shape index (κ1) is 20.9. The van der Waals surface area contributed by atoms with Crippen molar-refractivity contribution >= 4 is 0 Å². The molecule has 1 aromatic carbocycles. The van der Waals surface area contributed by atoms with Gasteiger partial charge >= 0.3 is 0 Å². The smallest absolute Gasteiger partial charge is 0.229 e. The third-order valence-electron chi connectivity index (χ3n) is 4.82. The Morgan fingerprint density at radius 2 is 1.73 bits per heavy atom. The van der Waals surface area contributed by atoms with Crippen molar-refractivity contribution in [1.82, 2.24) is 0 Å². The van der Waals surface area contributed by atoms with Crippen molar-refractivity contribution in [3.63, 3.8) is 0 Å². The van der Waals surface area contributed by atoms with Gasteiger partial charge in [0.25, 0.3) is 0 Å². The predicted octanol–water partition coefficient (Wildman–Crippen LogP) is 0.969. The summed E-state index contributed by atoms with van der Waals surface area (Å²) in [4.78, 5) is 0. The molecule has 5 atom stereocenters. The minimum atomic E-state index is -1.47. The van der Waals surface area contributed by atoms with Crippen LogP contribution in [0.15, 0.2) is 6.07 Å². The molecule has 4 N–H and O–H groups in total. The molecule has 0 spiro atoms. The molecule has 0 amide bonds. The van der Waals surface area contributed by atoms with Gasteiger partial charge in [0.1, 0.15) is 35.9 Å². The van der Waals surface area contributed by atoms with Gasteiger partial charge in [0.2, 0.25) is 6.29 Å². The van der Waals surface area contributed by atoms with Crippen LogP contribution in [0.4, 0.5) is 0 Å². The van der Waals surface area contributed by atoms with Crippen LogP contribution >= 0.6 is 0 Å². The second-order valence-corrected chi connectivity index (χ2v) is 6.79. The van der Waals surface area contributed by atoms with E-state index in [-0.39, 0.29) is 0 Å². The van der Waals surface area contributed by atoms with Crippen LogP contribution in [-0.2, 0) is 4.74 Å². The van der Waals surface area contributed by atoms with E-state index in [1.54, 1.807) is 0 Å². The summed E-state index contributed by atoms with van der Waals surface area (Å²) in [6, 6.07) is 1.87. The Bertz CT molecular complexity index is 602. The average Bonchev–Trinajstić information content (AvgIpc) is 2.62. The van der Waals surface area contributed by atoms with Crippen LogP contribution < -0.4 is 9.47 Å². The zero-order valence-electron chi connectivity index (χ0n) is 15.8. The van der Waals surface area contributed by atoms with E-state index in [0.29, 0.717) is 12.4 Å². The highest BCUT2D eigenvalue weighted by atomic mass is 16.7. The molecule has 0 bridgehead atoms. The number of aliphatic hydroxyl groups excluding tert-OH is 4. The summed E-state index contributed by atoms with van der Waals surface area (Å²) in [5.74, 6) is 1.31. The zero-order chi connectivity index (χ0) is 19.4. The maximum absolute atomic E-state index is 10.2. The van der Waals surface area contributed by atoms with Crippen molar-refractivity contribution in [3.8, 4) is 11.5 Å². The Hall–Kier alpha value is -1.38. The first-order valence-electron chi connectivity index (χ1n) is 9.02. The molecular weight excluding hydrogens is 340 g/mol. The minimum Gasteiger partial charge on any atom is -0.493 e. The van der Waals surface area contributed by atoms with E-state index in [4.69, 9.17) is 14.2 Å². The second kappa shape index (κ2) is 9.01. The molecular formula is C19H30O7. The molecule has 0 saturated carbocycles. The largest absolute Gasteiger partial charge is 0.493 e. The Morgan fingerprint density at radius 3 is 2.35 bits per heavy atom. The molecule has 0 radical (unpaired) electrons. The second-order valence-electron chi connectivity index (χ2n) is 6.79. The lowest BCUT2D eigenvalue weighted by Gasteiger charge is -2.40. The van der Waals surface area contributed by atoms with Crippen LogP contribution in [0.3, 0.4) is 0 Å². The Balaban J connectivity index is 2.22. The SMILES string of the molecule is CCCCOc1cc(C)c(O[C@@H]2O[C@H](CO)[C@@H](O)[C@H](O)[C@H]2O)c(C)c1C. The highest BCUT2D eigenvalue weighted by Crippen LogP contribution is 2.35. The molecule has 2 rings (SSSR count). The van der Waals surface area contributed by atoms with Gasteiger partial charge in [-0.1, -0.05) is 13.3 Å². The van der Waals surface area contributed by atoms with Gasteiger partial charge in [0.05, 0.1) is 13.2 Å². The van der Waals surface area contributed by atoms with Gasteiger partial charge < -0.3 is 34.6 Å². The quantitative estimate of drug-likeness (QED) is 0.530. The van der Waals surface area contributed by atoms with Gasteiger partial charge in [0, 0.05) is 0 Å². The molecule has 1 aliphatic heterocycles. The lowest BCUT2D eigenvalue weighted by atomic mass is 9.99. The van der Waals surface area contributed by atoms with Gasteiger partial charge in [-0.2, -0.15) is 0 Å². The van der Waals surface area contributed by atoms with Crippen LogP contribution in [0.25, 0.3) is 0 Å². The van der Waals surface area contributed by atoms with Crippen LogP contribution in [-0.4, -0.2) is 64.3 Å².